The molecule has 1 heterocycles. The average Bonchev–Trinajstić information content (AvgIpc) is 2.51. The summed E-state index contributed by atoms with van der Waals surface area (Å²) in [5.74, 6) is 0.816. The van der Waals surface area contributed by atoms with Gasteiger partial charge >= 0.3 is 0 Å². The molecule has 76 valence electrons. The molecule has 0 fully saturated rings. The van der Waals surface area contributed by atoms with Crippen LogP contribution in [0.25, 0.3) is 0 Å². The molecule has 0 saturated heterocycles. The van der Waals surface area contributed by atoms with Crippen LogP contribution in [-0.4, -0.2) is 5.16 Å². The Morgan fingerprint density at radius 1 is 1.29 bits per heavy atom. The second kappa shape index (κ2) is 3.13. The molecule has 0 spiro atoms. The Labute approximate surface area is 84.7 Å². The summed E-state index contributed by atoms with van der Waals surface area (Å²) in [5.41, 5.74) is 0.0639. The Morgan fingerprint density at radius 2 is 1.86 bits per heavy atom. The van der Waals surface area contributed by atoms with Crippen LogP contribution in [0.1, 0.15) is 46.1 Å². The maximum atomic E-state index is 8.93. The smallest absolute Gasteiger partial charge is 0.142 e. The highest BCUT2D eigenvalue weighted by molar-refractivity contribution is 5.25. The van der Waals surface area contributed by atoms with Gasteiger partial charge in [0.15, 0.2) is 0 Å². The van der Waals surface area contributed by atoms with Crippen LogP contribution in [0.15, 0.2) is 10.6 Å². The van der Waals surface area contributed by atoms with Crippen LogP contribution in [0.2, 0.25) is 0 Å². The first-order valence-electron chi connectivity index (χ1n) is 4.66. The number of nitriles is 1. The molecule has 0 amide bonds. The molecule has 0 aliphatic heterocycles. The van der Waals surface area contributed by atoms with Crippen LogP contribution in [-0.2, 0) is 10.8 Å². The van der Waals surface area contributed by atoms with Crippen LogP contribution in [0.4, 0.5) is 0 Å². The van der Waals surface area contributed by atoms with Crippen molar-refractivity contribution in [2.24, 2.45) is 0 Å². The molecule has 0 N–H and O–H groups in total. The molecular formula is C11H16N2O. The lowest BCUT2D eigenvalue weighted by Crippen LogP contribution is -2.14. The van der Waals surface area contributed by atoms with Crippen LogP contribution in [0.3, 0.4) is 0 Å². The van der Waals surface area contributed by atoms with E-state index in [0.717, 1.165) is 5.76 Å². The first-order chi connectivity index (χ1) is 6.27. The minimum absolute atomic E-state index is 0.0587. The van der Waals surface area contributed by atoms with Gasteiger partial charge in [-0.1, -0.05) is 25.9 Å². The number of hydrogen-bond acceptors (Lipinski definition) is 3. The van der Waals surface area contributed by atoms with E-state index >= 15 is 0 Å². The lowest BCUT2D eigenvalue weighted by molar-refractivity contribution is 0.322. The van der Waals surface area contributed by atoms with E-state index in [0.29, 0.717) is 5.69 Å². The summed E-state index contributed by atoms with van der Waals surface area (Å²) in [7, 11) is 0. The summed E-state index contributed by atoms with van der Waals surface area (Å²) in [6, 6.07) is 4.06. The van der Waals surface area contributed by atoms with Crippen molar-refractivity contribution in [1.82, 2.24) is 5.16 Å². The molecule has 0 bridgehead atoms. The molecule has 3 heteroatoms. The fourth-order valence-corrected chi connectivity index (χ4v) is 0.980. The third-order valence-corrected chi connectivity index (χ3v) is 2.17. The number of nitrogens with zero attached hydrogens (tertiary/aromatic N) is 2. The summed E-state index contributed by atoms with van der Waals surface area (Å²) >= 11 is 0. The van der Waals surface area contributed by atoms with Gasteiger partial charge in [-0.15, -0.1) is 0 Å². The standard InChI is InChI=1S/C11H16N2O/c1-10(2,3)9-6-8(13-14-9)11(4,5)7-12/h6H,1-5H3. The molecule has 1 aromatic rings. The van der Waals surface area contributed by atoms with E-state index in [2.05, 4.69) is 32.0 Å². The van der Waals surface area contributed by atoms with Crippen molar-refractivity contribution in [1.29, 1.82) is 5.26 Å². The molecule has 0 atom stereocenters. The van der Waals surface area contributed by atoms with Gasteiger partial charge < -0.3 is 4.52 Å². The van der Waals surface area contributed by atoms with E-state index in [1.807, 2.05) is 19.9 Å². The van der Waals surface area contributed by atoms with Gasteiger partial charge in [0.2, 0.25) is 0 Å². The monoisotopic (exact) mass is 192 g/mol. The minimum atomic E-state index is -0.576. The van der Waals surface area contributed by atoms with E-state index in [1.54, 1.807) is 0 Å². The Kier molecular flexibility index (Phi) is 2.41. The topological polar surface area (TPSA) is 49.8 Å². The molecule has 14 heavy (non-hydrogen) atoms. The molecule has 1 rings (SSSR count). The van der Waals surface area contributed by atoms with Gasteiger partial charge in [-0.2, -0.15) is 5.26 Å². The summed E-state index contributed by atoms with van der Waals surface area (Å²) in [4.78, 5) is 0. The lowest BCUT2D eigenvalue weighted by atomic mass is 9.88. The zero-order valence-corrected chi connectivity index (χ0v) is 9.38. The lowest BCUT2D eigenvalue weighted by Gasteiger charge is -2.13. The van der Waals surface area contributed by atoms with Crippen LogP contribution >= 0.6 is 0 Å². The van der Waals surface area contributed by atoms with Crippen molar-refractivity contribution in [3.63, 3.8) is 0 Å². The van der Waals surface area contributed by atoms with E-state index in [9.17, 15) is 0 Å². The van der Waals surface area contributed by atoms with Gasteiger partial charge in [-0.25, -0.2) is 0 Å². The van der Waals surface area contributed by atoms with E-state index in [1.165, 1.54) is 0 Å². The molecule has 0 saturated carbocycles. The fourth-order valence-electron chi connectivity index (χ4n) is 0.980. The van der Waals surface area contributed by atoms with Gasteiger partial charge in [-0.3, -0.25) is 0 Å². The highest BCUT2D eigenvalue weighted by atomic mass is 16.5. The van der Waals surface area contributed by atoms with Gasteiger partial charge in [0.25, 0.3) is 0 Å². The Hall–Kier alpha value is -1.30. The van der Waals surface area contributed by atoms with E-state index in [4.69, 9.17) is 9.78 Å². The number of aromatic nitrogens is 1. The zero-order chi connectivity index (χ0) is 11.0. The molecule has 3 nitrogen and oxygen atoms in total. The third-order valence-electron chi connectivity index (χ3n) is 2.17. The third kappa shape index (κ3) is 1.95. The summed E-state index contributed by atoms with van der Waals surface area (Å²) in [5, 5.41) is 12.9. The SMILES string of the molecule is CC(C)(C)c1cc(C(C)(C)C#N)no1. The van der Waals surface area contributed by atoms with Gasteiger partial charge in [-0.05, 0) is 13.8 Å². The highest BCUT2D eigenvalue weighted by Crippen LogP contribution is 2.27. The van der Waals surface area contributed by atoms with Gasteiger partial charge in [0.05, 0.1) is 11.5 Å². The Balaban J connectivity index is 3.08. The molecule has 0 aromatic carbocycles. The van der Waals surface area contributed by atoms with Crippen LogP contribution < -0.4 is 0 Å². The minimum Gasteiger partial charge on any atom is -0.361 e. The van der Waals surface area contributed by atoms with E-state index < -0.39 is 5.41 Å². The molecular weight excluding hydrogens is 176 g/mol. The normalized spacial score (nSPS) is 12.6. The maximum Gasteiger partial charge on any atom is 0.142 e. The second-order valence-electron chi connectivity index (χ2n) is 5.06. The zero-order valence-electron chi connectivity index (χ0n) is 9.38. The summed E-state index contributed by atoms with van der Waals surface area (Å²) in [6.45, 7) is 9.82. The van der Waals surface area contributed by atoms with Crippen molar-refractivity contribution in [2.75, 3.05) is 0 Å². The quantitative estimate of drug-likeness (QED) is 0.687. The summed E-state index contributed by atoms with van der Waals surface area (Å²) < 4.78 is 5.22. The molecule has 0 radical (unpaired) electrons. The number of hydrogen-bond donors (Lipinski definition) is 0. The molecule has 0 aliphatic rings. The highest BCUT2D eigenvalue weighted by Gasteiger charge is 2.27. The van der Waals surface area contributed by atoms with Gasteiger partial charge in [0, 0.05) is 11.5 Å². The predicted molar refractivity (Wildman–Crippen MR) is 53.8 cm³/mol. The van der Waals surface area contributed by atoms with Crippen molar-refractivity contribution in [3.05, 3.63) is 17.5 Å². The predicted octanol–water partition coefficient (Wildman–Crippen LogP) is 2.77. The van der Waals surface area contributed by atoms with Crippen molar-refractivity contribution < 1.29 is 4.52 Å². The van der Waals surface area contributed by atoms with E-state index in [-0.39, 0.29) is 5.41 Å². The average molecular weight is 192 g/mol. The van der Waals surface area contributed by atoms with Gasteiger partial charge in [0.1, 0.15) is 11.5 Å². The molecule has 0 unspecified atom stereocenters. The van der Waals surface area contributed by atoms with Crippen molar-refractivity contribution in [3.8, 4) is 6.07 Å². The Bertz CT molecular complexity index is 363. The van der Waals surface area contributed by atoms with Crippen molar-refractivity contribution in [2.45, 2.75) is 45.4 Å². The summed E-state index contributed by atoms with van der Waals surface area (Å²) in [6.07, 6.45) is 0. The first-order valence-corrected chi connectivity index (χ1v) is 4.66. The fraction of sp³-hybridized carbons (Fsp3) is 0.636. The molecule has 0 aliphatic carbocycles. The van der Waals surface area contributed by atoms with Crippen LogP contribution in [0, 0.1) is 11.3 Å². The largest absolute Gasteiger partial charge is 0.361 e. The second-order valence-corrected chi connectivity index (χ2v) is 5.06. The molecule has 1 aromatic heterocycles. The van der Waals surface area contributed by atoms with Crippen molar-refractivity contribution >= 4 is 0 Å². The Morgan fingerprint density at radius 3 is 2.21 bits per heavy atom. The number of rotatable bonds is 1. The first kappa shape index (κ1) is 10.8. The maximum absolute atomic E-state index is 8.93. The van der Waals surface area contributed by atoms with Crippen LogP contribution in [0.5, 0.6) is 0 Å².